The van der Waals surface area contributed by atoms with Crippen molar-refractivity contribution in [2.75, 3.05) is 5.73 Å². The summed E-state index contributed by atoms with van der Waals surface area (Å²) in [5.41, 5.74) is 6.95. The van der Waals surface area contributed by atoms with Crippen LogP contribution in [-0.4, -0.2) is 20.2 Å². The van der Waals surface area contributed by atoms with E-state index in [1.807, 2.05) is 30.3 Å². The highest BCUT2D eigenvalue weighted by atomic mass is 19.1. The quantitative estimate of drug-likeness (QED) is 0.739. The standard InChI is InChI=1S/C14H12FN5/c15-13-11(7-4-8-12(13)16)9-20-18-14(17-19-20)10-5-2-1-3-6-10/h1-8H,9,16H2. The minimum absolute atomic E-state index is 0.117. The van der Waals surface area contributed by atoms with Gasteiger partial charge in [-0.15, -0.1) is 10.2 Å². The number of aromatic nitrogens is 4. The molecule has 0 saturated carbocycles. The summed E-state index contributed by atoms with van der Waals surface area (Å²) < 4.78 is 13.8. The molecule has 6 heteroatoms. The number of rotatable bonds is 3. The lowest BCUT2D eigenvalue weighted by Crippen LogP contribution is -2.07. The molecular formula is C14H12FN5. The first-order valence-electron chi connectivity index (χ1n) is 6.10. The molecule has 20 heavy (non-hydrogen) atoms. The highest BCUT2D eigenvalue weighted by Gasteiger charge is 2.09. The lowest BCUT2D eigenvalue weighted by molar-refractivity contribution is 0.541. The summed E-state index contributed by atoms with van der Waals surface area (Å²) in [5.74, 6) is 0.0703. The van der Waals surface area contributed by atoms with Crippen molar-refractivity contribution in [3.05, 3.63) is 59.9 Å². The molecule has 1 heterocycles. The molecule has 0 aliphatic rings. The Hall–Kier alpha value is -2.76. The molecule has 2 aromatic carbocycles. The first kappa shape index (κ1) is 12.3. The molecule has 0 spiro atoms. The van der Waals surface area contributed by atoms with Crippen LogP contribution < -0.4 is 5.73 Å². The van der Waals surface area contributed by atoms with Crippen LogP contribution in [0.2, 0.25) is 0 Å². The van der Waals surface area contributed by atoms with Crippen molar-refractivity contribution in [2.45, 2.75) is 6.54 Å². The average molecular weight is 269 g/mol. The monoisotopic (exact) mass is 269 g/mol. The molecule has 3 rings (SSSR count). The maximum absolute atomic E-state index is 13.8. The Balaban J connectivity index is 1.86. The zero-order valence-electron chi connectivity index (χ0n) is 10.6. The molecule has 0 saturated heterocycles. The van der Waals surface area contributed by atoms with Crippen LogP contribution in [0.4, 0.5) is 10.1 Å². The van der Waals surface area contributed by atoms with Crippen LogP contribution >= 0.6 is 0 Å². The fourth-order valence-electron chi connectivity index (χ4n) is 1.89. The van der Waals surface area contributed by atoms with Gasteiger partial charge in [-0.1, -0.05) is 42.5 Å². The zero-order chi connectivity index (χ0) is 13.9. The van der Waals surface area contributed by atoms with Gasteiger partial charge in [0.05, 0.1) is 12.2 Å². The van der Waals surface area contributed by atoms with E-state index in [1.54, 1.807) is 12.1 Å². The SMILES string of the molecule is Nc1cccc(Cn2nnc(-c3ccccc3)n2)c1F. The van der Waals surface area contributed by atoms with Crippen LogP contribution in [-0.2, 0) is 6.54 Å². The number of halogens is 1. The third kappa shape index (κ3) is 2.35. The summed E-state index contributed by atoms with van der Waals surface area (Å²) in [6.07, 6.45) is 0. The van der Waals surface area contributed by atoms with E-state index in [0.29, 0.717) is 11.4 Å². The molecule has 0 amide bonds. The fourth-order valence-corrected chi connectivity index (χ4v) is 1.89. The Morgan fingerprint density at radius 2 is 1.85 bits per heavy atom. The first-order chi connectivity index (χ1) is 9.74. The molecule has 5 nitrogen and oxygen atoms in total. The summed E-state index contributed by atoms with van der Waals surface area (Å²) in [6, 6.07) is 14.4. The highest BCUT2D eigenvalue weighted by Crippen LogP contribution is 2.16. The third-order valence-corrected chi connectivity index (χ3v) is 2.91. The van der Waals surface area contributed by atoms with Gasteiger partial charge in [0, 0.05) is 11.1 Å². The lowest BCUT2D eigenvalue weighted by Gasteiger charge is -2.03. The van der Waals surface area contributed by atoms with Gasteiger partial charge in [-0.05, 0) is 11.3 Å². The second-order valence-corrected chi connectivity index (χ2v) is 4.33. The molecule has 1 aromatic heterocycles. The summed E-state index contributed by atoms with van der Waals surface area (Å²) in [6.45, 7) is 0.191. The van der Waals surface area contributed by atoms with Crippen molar-refractivity contribution in [1.82, 2.24) is 20.2 Å². The Labute approximate surface area is 114 Å². The number of anilines is 1. The predicted octanol–water partition coefficient (Wildman–Crippen LogP) is 2.11. The van der Waals surface area contributed by atoms with Crippen LogP contribution in [0.1, 0.15) is 5.56 Å². The van der Waals surface area contributed by atoms with Crippen LogP contribution in [0.15, 0.2) is 48.5 Å². The fraction of sp³-hybridized carbons (Fsp3) is 0.0714. The van der Waals surface area contributed by atoms with E-state index in [-0.39, 0.29) is 12.2 Å². The van der Waals surface area contributed by atoms with Gasteiger partial charge >= 0.3 is 0 Å². The van der Waals surface area contributed by atoms with Crippen molar-refractivity contribution in [2.24, 2.45) is 0 Å². The molecule has 0 radical (unpaired) electrons. The molecule has 2 N–H and O–H groups in total. The number of hydrogen-bond acceptors (Lipinski definition) is 4. The summed E-state index contributed by atoms with van der Waals surface area (Å²) in [7, 11) is 0. The van der Waals surface area contributed by atoms with E-state index in [2.05, 4.69) is 15.4 Å². The maximum atomic E-state index is 13.8. The van der Waals surface area contributed by atoms with Gasteiger partial charge in [0.1, 0.15) is 0 Å². The van der Waals surface area contributed by atoms with Gasteiger partial charge in [-0.3, -0.25) is 0 Å². The second kappa shape index (κ2) is 5.08. The van der Waals surface area contributed by atoms with Gasteiger partial charge in [0.25, 0.3) is 0 Å². The predicted molar refractivity (Wildman–Crippen MR) is 73.2 cm³/mol. The largest absolute Gasteiger partial charge is 0.396 e. The van der Waals surface area contributed by atoms with E-state index < -0.39 is 5.82 Å². The van der Waals surface area contributed by atoms with Crippen molar-refractivity contribution >= 4 is 5.69 Å². The zero-order valence-corrected chi connectivity index (χ0v) is 10.6. The second-order valence-electron chi connectivity index (χ2n) is 4.33. The Bertz CT molecular complexity index is 723. The van der Waals surface area contributed by atoms with Crippen LogP contribution in [0, 0.1) is 5.82 Å². The molecule has 0 aliphatic carbocycles. The van der Waals surface area contributed by atoms with E-state index in [9.17, 15) is 4.39 Å². The summed E-state index contributed by atoms with van der Waals surface area (Å²) >= 11 is 0. The average Bonchev–Trinajstić information content (AvgIpc) is 2.93. The minimum Gasteiger partial charge on any atom is -0.396 e. The first-order valence-corrected chi connectivity index (χ1v) is 6.10. The number of tetrazole rings is 1. The maximum Gasteiger partial charge on any atom is 0.204 e. The normalized spacial score (nSPS) is 10.7. The summed E-state index contributed by atoms with van der Waals surface area (Å²) in [4.78, 5) is 1.35. The van der Waals surface area contributed by atoms with Gasteiger partial charge in [-0.2, -0.15) is 4.80 Å². The van der Waals surface area contributed by atoms with Crippen LogP contribution in [0.5, 0.6) is 0 Å². The van der Waals surface area contributed by atoms with Gasteiger partial charge in [0.2, 0.25) is 5.82 Å². The van der Waals surface area contributed by atoms with Gasteiger partial charge in [0.15, 0.2) is 5.82 Å². The van der Waals surface area contributed by atoms with Crippen molar-refractivity contribution < 1.29 is 4.39 Å². The van der Waals surface area contributed by atoms with Crippen LogP contribution in [0.3, 0.4) is 0 Å². The number of hydrogen-bond donors (Lipinski definition) is 1. The van der Waals surface area contributed by atoms with E-state index in [4.69, 9.17) is 5.73 Å². The number of nitrogen functional groups attached to an aromatic ring is 1. The van der Waals surface area contributed by atoms with Crippen molar-refractivity contribution in [1.29, 1.82) is 0 Å². The van der Waals surface area contributed by atoms with E-state index in [0.717, 1.165) is 5.56 Å². The smallest absolute Gasteiger partial charge is 0.204 e. The number of nitrogens with zero attached hydrogens (tertiary/aromatic N) is 4. The van der Waals surface area contributed by atoms with E-state index in [1.165, 1.54) is 10.9 Å². The van der Waals surface area contributed by atoms with E-state index >= 15 is 0 Å². The molecule has 0 fully saturated rings. The van der Waals surface area contributed by atoms with Gasteiger partial charge in [-0.25, -0.2) is 4.39 Å². The molecule has 0 atom stereocenters. The Morgan fingerprint density at radius 1 is 1.05 bits per heavy atom. The molecule has 0 aliphatic heterocycles. The lowest BCUT2D eigenvalue weighted by atomic mass is 10.2. The van der Waals surface area contributed by atoms with Gasteiger partial charge < -0.3 is 5.73 Å². The Kier molecular flexibility index (Phi) is 3.12. The molecule has 0 bridgehead atoms. The topological polar surface area (TPSA) is 69.6 Å². The summed E-state index contributed by atoms with van der Waals surface area (Å²) in [5, 5.41) is 12.1. The Morgan fingerprint density at radius 3 is 2.65 bits per heavy atom. The minimum atomic E-state index is -0.439. The van der Waals surface area contributed by atoms with Crippen LogP contribution in [0.25, 0.3) is 11.4 Å². The molecule has 0 unspecified atom stereocenters. The highest BCUT2D eigenvalue weighted by molar-refractivity contribution is 5.53. The molecule has 100 valence electrons. The molecular weight excluding hydrogens is 257 g/mol. The van der Waals surface area contributed by atoms with Crippen molar-refractivity contribution in [3.8, 4) is 11.4 Å². The van der Waals surface area contributed by atoms with Crippen molar-refractivity contribution in [3.63, 3.8) is 0 Å². The third-order valence-electron chi connectivity index (χ3n) is 2.91. The number of nitrogens with two attached hydrogens (primary N) is 1. The molecule has 3 aromatic rings. The number of benzene rings is 2.